The molecular weight excluding hydrogens is 132 g/mol. The van der Waals surface area contributed by atoms with Gasteiger partial charge < -0.3 is 9.47 Å². The molecule has 0 aliphatic heterocycles. The van der Waals surface area contributed by atoms with Crippen molar-refractivity contribution >= 4 is 6.16 Å². The molecule has 0 aromatic heterocycles. The van der Waals surface area contributed by atoms with Gasteiger partial charge in [0.25, 0.3) is 0 Å². The van der Waals surface area contributed by atoms with Gasteiger partial charge in [-0.1, -0.05) is 12.7 Å². The molecule has 0 rings (SSSR count). The molecule has 0 aromatic rings. The van der Waals surface area contributed by atoms with Crippen LogP contribution in [0.3, 0.4) is 0 Å². The highest BCUT2D eigenvalue weighted by Crippen LogP contribution is 1.91. The lowest BCUT2D eigenvalue weighted by atomic mass is 10.5. The number of hydrogen-bond donors (Lipinski definition) is 0. The Morgan fingerprint density at radius 3 is 2.70 bits per heavy atom. The lowest BCUT2D eigenvalue weighted by Gasteiger charge is -2.06. The van der Waals surface area contributed by atoms with E-state index in [1.807, 2.05) is 0 Å². The van der Waals surface area contributed by atoms with E-state index in [-0.39, 0.29) is 12.7 Å². The Hall–Kier alpha value is -0.990. The summed E-state index contributed by atoms with van der Waals surface area (Å²) in [5.74, 6) is 0. The number of carbonyl (C=O) groups excluding carboxylic acids is 1. The smallest absolute Gasteiger partial charge is 0.432 e. The molecule has 0 aliphatic carbocycles. The summed E-state index contributed by atoms with van der Waals surface area (Å²) in [6, 6.07) is 0. The Balaban J connectivity index is 3.34. The number of ether oxygens (including phenoxy) is 2. The molecule has 58 valence electrons. The monoisotopic (exact) mass is 144 g/mol. The normalized spacial score (nSPS) is 9.10. The number of carbonyl (C=O) groups is 1. The van der Waals surface area contributed by atoms with Gasteiger partial charge in [0.2, 0.25) is 0 Å². The highest BCUT2D eigenvalue weighted by atomic mass is 16.7. The molecule has 0 radical (unpaired) electrons. The topological polar surface area (TPSA) is 35.5 Å². The molecule has 0 saturated heterocycles. The zero-order valence-electron chi connectivity index (χ0n) is 6.29. The first-order valence-electron chi connectivity index (χ1n) is 3.11. The first-order chi connectivity index (χ1) is 4.66. The maximum atomic E-state index is 10.5. The van der Waals surface area contributed by atoms with Crippen LogP contribution in [0.4, 0.5) is 4.79 Å². The van der Waals surface area contributed by atoms with Crippen LogP contribution in [0.25, 0.3) is 0 Å². The van der Waals surface area contributed by atoms with Gasteiger partial charge in [0.15, 0.2) is 0 Å². The summed E-state index contributed by atoms with van der Waals surface area (Å²) in [5.41, 5.74) is 0. The van der Waals surface area contributed by atoms with Crippen LogP contribution in [0.15, 0.2) is 12.7 Å². The van der Waals surface area contributed by atoms with E-state index in [1.165, 1.54) is 6.08 Å². The summed E-state index contributed by atoms with van der Waals surface area (Å²) in [6.45, 7) is 7.10. The standard InChI is InChI=1S/C7H12O3/c1-4-5-9-7(8)10-6(2)3/h4,6H,1,5H2,2-3H3. The summed E-state index contributed by atoms with van der Waals surface area (Å²) in [4.78, 5) is 10.5. The van der Waals surface area contributed by atoms with E-state index in [2.05, 4.69) is 16.1 Å². The van der Waals surface area contributed by atoms with Gasteiger partial charge in [-0.2, -0.15) is 0 Å². The molecular formula is C7H12O3. The first kappa shape index (κ1) is 9.01. The molecule has 10 heavy (non-hydrogen) atoms. The highest BCUT2D eigenvalue weighted by molar-refractivity contribution is 5.60. The maximum Gasteiger partial charge on any atom is 0.508 e. The minimum Gasteiger partial charge on any atom is -0.432 e. The summed E-state index contributed by atoms with van der Waals surface area (Å²) in [6.07, 6.45) is 0.717. The van der Waals surface area contributed by atoms with Crippen LogP contribution in [0.2, 0.25) is 0 Å². The fourth-order valence-corrected chi connectivity index (χ4v) is 0.353. The molecule has 3 heteroatoms. The van der Waals surface area contributed by atoms with Crippen LogP contribution in [0.5, 0.6) is 0 Å². The Bertz CT molecular complexity index is 118. The fourth-order valence-electron chi connectivity index (χ4n) is 0.353. The van der Waals surface area contributed by atoms with Gasteiger partial charge in [-0.25, -0.2) is 4.79 Å². The Kier molecular flexibility index (Phi) is 4.37. The van der Waals surface area contributed by atoms with Gasteiger partial charge in [-0.05, 0) is 13.8 Å². The second-order valence-electron chi connectivity index (χ2n) is 2.02. The van der Waals surface area contributed by atoms with Crippen LogP contribution in [-0.4, -0.2) is 18.9 Å². The average molecular weight is 144 g/mol. The SMILES string of the molecule is C=CCOC(=O)OC(C)C. The minimum atomic E-state index is -0.644. The minimum absolute atomic E-state index is 0.127. The second kappa shape index (κ2) is 4.85. The van der Waals surface area contributed by atoms with Gasteiger partial charge in [-0.15, -0.1) is 0 Å². The summed E-state index contributed by atoms with van der Waals surface area (Å²) < 4.78 is 9.17. The lowest BCUT2D eigenvalue weighted by molar-refractivity contribution is 0.0414. The number of hydrogen-bond acceptors (Lipinski definition) is 3. The van der Waals surface area contributed by atoms with E-state index in [9.17, 15) is 4.79 Å². The predicted octanol–water partition coefficient (Wildman–Crippen LogP) is 1.73. The van der Waals surface area contributed by atoms with Crippen LogP contribution in [0, 0.1) is 0 Å². The van der Waals surface area contributed by atoms with Crippen LogP contribution >= 0.6 is 0 Å². The Labute approximate surface area is 60.6 Å². The van der Waals surface area contributed by atoms with Crippen molar-refractivity contribution in [3.05, 3.63) is 12.7 Å². The van der Waals surface area contributed by atoms with Gasteiger partial charge in [0, 0.05) is 0 Å². The third-order valence-corrected chi connectivity index (χ3v) is 0.651. The van der Waals surface area contributed by atoms with E-state index in [0.717, 1.165) is 0 Å². The summed E-state index contributed by atoms with van der Waals surface area (Å²) in [7, 11) is 0. The van der Waals surface area contributed by atoms with E-state index < -0.39 is 6.16 Å². The van der Waals surface area contributed by atoms with Crippen LogP contribution in [0.1, 0.15) is 13.8 Å². The van der Waals surface area contributed by atoms with E-state index in [0.29, 0.717) is 0 Å². The zero-order chi connectivity index (χ0) is 7.98. The van der Waals surface area contributed by atoms with Crippen molar-refractivity contribution in [1.82, 2.24) is 0 Å². The van der Waals surface area contributed by atoms with Crippen molar-refractivity contribution in [2.45, 2.75) is 20.0 Å². The third kappa shape index (κ3) is 5.15. The van der Waals surface area contributed by atoms with Crippen molar-refractivity contribution in [3.8, 4) is 0 Å². The van der Waals surface area contributed by atoms with Crippen molar-refractivity contribution in [1.29, 1.82) is 0 Å². The van der Waals surface area contributed by atoms with E-state index >= 15 is 0 Å². The molecule has 0 aliphatic rings. The summed E-state index contributed by atoms with van der Waals surface area (Å²) in [5, 5.41) is 0. The lowest BCUT2D eigenvalue weighted by Crippen LogP contribution is -2.12. The van der Waals surface area contributed by atoms with Gasteiger partial charge >= 0.3 is 6.16 Å². The first-order valence-corrected chi connectivity index (χ1v) is 3.11. The van der Waals surface area contributed by atoms with Crippen LogP contribution in [-0.2, 0) is 9.47 Å². The van der Waals surface area contributed by atoms with Gasteiger partial charge in [0.1, 0.15) is 6.61 Å². The quantitative estimate of drug-likeness (QED) is 0.447. The van der Waals surface area contributed by atoms with Crippen molar-refractivity contribution in [2.75, 3.05) is 6.61 Å². The Morgan fingerprint density at radius 1 is 1.70 bits per heavy atom. The van der Waals surface area contributed by atoms with Gasteiger partial charge in [0.05, 0.1) is 6.10 Å². The average Bonchev–Trinajstić information content (AvgIpc) is 1.82. The fraction of sp³-hybridized carbons (Fsp3) is 0.571. The second-order valence-corrected chi connectivity index (χ2v) is 2.02. The van der Waals surface area contributed by atoms with Crippen molar-refractivity contribution in [3.63, 3.8) is 0 Å². The molecule has 0 atom stereocenters. The van der Waals surface area contributed by atoms with Crippen LogP contribution < -0.4 is 0 Å². The molecule has 0 saturated carbocycles. The van der Waals surface area contributed by atoms with E-state index in [1.54, 1.807) is 13.8 Å². The molecule has 0 aromatic carbocycles. The molecule has 0 amide bonds. The molecule has 0 unspecified atom stereocenters. The third-order valence-electron chi connectivity index (χ3n) is 0.651. The largest absolute Gasteiger partial charge is 0.508 e. The zero-order valence-corrected chi connectivity index (χ0v) is 6.29. The number of rotatable bonds is 3. The molecule has 0 spiro atoms. The molecule has 0 fully saturated rings. The Morgan fingerprint density at radius 2 is 2.30 bits per heavy atom. The maximum absolute atomic E-state index is 10.5. The van der Waals surface area contributed by atoms with Crippen molar-refractivity contribution < 1.29 is 14.3 Å². The van der Waals surface area contributed by atoms with Gasteiger partial charge in [-0.3, -0.25) is 0 Å². The highest BCUT2D eigenvalue weighted by Gasteiger charge is 2.03. The molecule has 0 N–H and O–H groups in total. The molecule has 0 heterocycles. The molecule has 0 bridgehead atoms. The summed E-state index contributed by atoms with van der Waals surface area (Å²) >= 11 is 0. The predicted molar refractivity (Wildman–Crippen MR) is 37.8 cm³/mol. The van der Waals surface area contributed by atoms with Crippen molar-refractivity contribution in [2.24, 2.45) is 0 Å². The van der Waals surface area contributed by atoms with E-state index in [4.69, 9.17) is 0 Å². The molecule has 3 nitrogen and oxygen atoms in total.